The van der Waals surface area contributed by atoms with Gasteiger partial charge in [-0.15, -0.1) is 0 Å². The van der Waals surface area contributed by atoms with Crippen LogP contribution in [0.2, 0.25) is 0 Å². The molecule has 9 heteroatoms. The second-order valence-corrected chi connectivity index (χ2v) is 6.00. The Hall–Kier alpha value is -2.29. The average molecular weight is 411 g/mol. The molecule has 25 heavy (non-hydrogen) atoms. The number of nitrogens with zero attached hydrogens (tertiary/aromatic N) is 4. The highest BCUT2D eigenvalue weighted by Gasteiger charge is 2.10. The number of aryl methyl sites for hydroxylation is 1. The van der Waals surface area contributed by atoms with Gasteiger partial charge in [-0.2, -0.15) is 5.10 Å². The van der Waals surface area contributed by atoms with Gasteiger partial charge < -0.3 is 20.1 Å². The number of guanidine groups is 1. The first-order chi connectivity index (χ1) is 12.1. The fourth-order valence-electron chi connectivity index (χ4n) is 2.17. The van der Waals surface area contributed by atoms with Crippen LogP contribution in [-0.2, 0) is 20.1 Å². The highest BCUT2D eigenvalue weighted by atomic mass is 79.9. The van der Waals surface area contributed by atoms with Crippen molar-refractivity contribution in [2.45, 2.75) is 20.0 Å². The van der Waals surface area contributed by atoms with Crippen LogP contribution in [0.1, 0.15) is 18.3 Å². The van der Waals surface area contributed by atoms with Gasteiger partial charge in [0.25, 0.3) is 0 Å². The van der Waals surface area contributed by atoms with E-state index in [0.29, 0.717) is 30.5 Å². The summed E-state index contributed by atoms with van der Waals surface area (Å²) in [5, 5.41) is 10.5. The number of hydrogen-bond acceptors (Lipinski definition) is 5. The zero-order chi connectivity index (χ0) is 18.2. The summed E-state index contributed by atoms with van der Waals surface area (Å²) in [6, 6.07) is 3.79. The lowest BCUT2D eigenvalue weighted by Gasteiger charge is -2.13. The third-order valence-corrected chi connectivity index (χ3v) is 4.26. The highest BCUT2D eigenvalue weighted by Crippen LogP contribution is 2.33. The minimum absolute atomic E-state index is 0.481. The maximum Gasteiger partial charge on any atom is 0.191 e. The van der Waals surface area contributed by atoms with Crippen LogP contribution in [0.3, 0.4) is 0 Å². The molecule has 0 aliphatic rings. The lowest BCUT2D eigenvalue weighted by molar-refractivity contribution is 0.354. The molecule has 0 aliphatic heterocycles. The molecule has 0 saturated heterocycles. The molecule has 136 valence electrons. The van der Waals surface area contributed by atoms with Crippen molar-refractivity contribution in [3.63, 3.8) is 0 Å². The number of aliphatic imine (C=N–C) groups is 1. The fourth-order valence-corrected chi connectivity index (χ4v) is 2.61. The van der Waals surface area contributed by atoms with E-state index < -0.39 is 0 Å². The summed E-state index contributed by atoms with van der Waals surface area (Å²) in [5.74, 6) is 2.88. The van der Waals surface area contributed by atoms with E-state index >= 15 is 0 Å². The van der Waals surface area contributed by atoms with Crippen molar-refractivity contribution < 1.29 is 9.47 Å². The molecule has 0 fully saturated rings. The average Bonchev–Trinajstić information content (AvgIpc) is 3.02. The van der Waals surface area contributed by atoms with Crippen LogP contribution in [0, 0.1) is 0 Å². The van der Waals surface area contributed by atoms with Crippen molar-refractivity contribution in [3.8, 4) is 11.5 Å². The van der Waals surface area contributed by atoms with Gasteiger partial charge in [0.05, 0.1) is 27.3 Å². The lowest BCUT2D eigenvalue weighted by Crippen LogP contribution is -2.37. The summed E-state index contributed by atoms with van der Waals surface area (Å²) in [4.78, 5) is 8.81. The molecule has 0 radical (unpaired) electrons. The number of nitrogens with one attached hydrogen (secondary N) is 2. The maximum absolute atomic E-state index is 5.35. The molecular weight excluding hydrogens is 388 g/mol. The Labute approximate surface area is 155 Å². The Bertz CT molecular complexity index is 731. The van der Waals surface area contributed by atoms with E-state index in [1.54, 1.807) is 18.9 Å². The summed E-state index contributed by atoms with van der Waals surface area (Å²) in [5.41, 5.74) is 0.994. The van der Waals surface area contributed by atoms with Gasteiger partial charge in [0.1, 0.15) is 12.2 Å². The van der Waals surface area contributed by atoms with Crippen LogP contribution in [0.5, 0.6) is 11.5 Å². The van der Waals surface area contributed by atoms with Crippen molar-refractivity contribution >= 4 is 21.9 Å². The van der Waals surface area contributed by atoms with Crippen LogP contribution in [-0.4, -0.2) is 41.5 Å². The van der Waals surface area contributed by atoms with Crippen LogP contribution in [0.4, 0.5) is 0 Å². The van der Waals surface area contributed by atoms with Crippen LogP contribution < -0.4 is 20.1 Å². The molecule has 0 bridgehead atoms. The number of benzene rings is 1. The summed E-state index contributed by atoms with van der Waals surface area (Å²) >= 11 is 3.55. The number of halogens is 1. The number of rotatable bonds is 7. The number of aromatic nitrogens is 3. The molecule has 0 unspecified atom stereocenters. The van der Waals surface area contributed by atoms with Crippen molar-refractivity contribution in [1.29, 1.82) is 0 Å². The first kappa shape index (κ1) is 19.0. The molecular formula is C16H23BrN6O2. The molecule has 2 rings (SSSR count). The van der Waals surface area contributed by atoms with Crippen LogP contribution in [0.15, 0.2) is 27.9 Å². The zero-order valence-electron chi connectivity index (χ0n) is 14.8. The Morgan fingerprint density at radius 2 is 1.96 bits per heavy atom. The van der Waals surface area contributed by atoms with Crippen molar-refractivity contribution in [1.82, 2.24) is 25.4 Å². The first-order valence-electron chi connectivity index (χ1n) is 7.84. The largest absolute Gasteiger partial charge is 0.493 e. The van der Waals surface area contributed by atoms with Gasteiger partial charge in [-0.3, -0.25) is 4.68 Å². The van der Waals surface area contributed by atoms with E-state index in [1.165, 1.54) is 6.33 Å². The van der Waals surface area contributed by atoms with E-state index in [-0.39, 0.29) is 0 Å². The van der Waals surface area contributed by atoms with E-state index in [9.17, 15) is 0 Å². The number of hydrogen-bond donors (Lipinski definition) is 2. The standard InChI is InChI=1S/C16H23BrN6O2/c1-5-18-16(20-9-15-21-10-22-23(15)2)19-8-11-6-13(24-3)14(25-4)7-12(11)17/h6-7,10H,5,8-9H2,1-4H3,(H2,18,19,20). The first-order valence-corrected chi connectivity index (χ1v) is 8.63. The molecule has 0 atom stereocenters. The molecule has 0 aliphatic carbocycles. The van der Waals surface area contributed by atoms with Gasteiger partial charge in [0.15, 0.2) is 17.5 Å². The lowest BCUT2D eigenvalue weighted by atomic mass is 10.2. The predicted octanol–water partition coefficient (Wildman–Crippen LogP) is 1.85. The highest BCUT2D eigenvalue weighted by molar-refractivity contribution is 9.10. The Morgan fingerprint density at radius 1 is 1.24 bits per heavy atom. The van der Waals surface area contributed by atoms with Gasteiger partial charge in [0.2, 0.25) is 0 Å². The summed E-state index contributed by atoms with van der Waals surface area (Å²) < 4.78 is 13.3. The van der Waals surface area contributed by atoms with Crippen LogP contribution in [0.25, 0.3) is 0 Å². The Balaban J connectivity index is 2.11. The van der Waals surface area contributed by atoms with Crippen molar-refractivity contribution in [2.24, 2.45) is 12.0 Å². The maximum atomic E-state index is 5.35. The van der Waals surface area contributed by atoms with Gasteiger partial charge in [-0.1, -0.05) is 15.9 Å². The SMILES string of the molecule is CCNC(=NCc1cc(OC)c(OC)cc1Br)NCc1ncnn1C. The van der Waals surface area contributed by atoms with E-state index in [1.807, 2.05) is 26.1 Å². The minimum atomic E-state index is 0.481. The molecule has 1 aromatic carbocycles. The van der Waals surface area contributed by atoms with Gasteiger partial charge in [-0.05, 0) is 24.6 Å². The van der Waals surface area contributed by atoms with Gasteiger partial charge in [-0.25, -0.2) is 9.98 Å². The van der Waals surface area contributed by atoms with E-state index in [4.69, 9.17) is 9.47 Å². The second-order valence-electron chi connectivity index (χ2n) is 5.15. The fraction of sp³-hybridized carbons (Fsp3) is 0.438. The van der Waals surface area contributed by atoms with Crippen molar-refractivity contribution in [3.05, 3.63) is 34.3 Å². The molecule has 0 saturated carbocycles. The molecule has 0 spiro atoms. The van der Waals surface area contributed by atoms with Crippen molar-refractivity contribution in [2.75, 3.05) is 20.8 Å². The summed E-state index contributed by atoms with van der Waals surface area (Å²) in [6.45, 7) is 3.80. The predicted molar refractivity (Wildman–Crippen MR) is 99.9 cm³/mol. The van der Waals surface area contributed by atoms with Gasteiger partial charge >= 0.3 is 0 Å². The summed E-state index contributed by atoms with van der Waals surface area (Å²) in [6.07, 6.45) is 1.53. The molecule has 2 N–H and O–H groups in total. The number of ether oxygens (including phenoxy) is 2. The van der Waals surface area contributed by atoms with E-state index in [0.717, 1.165) is 22.4 Å². The summed E-state index contributed by atoms with van der Waals surface area (Å²) in [7, 11) is 5.09. The molecule has 0 amide bonds. The van der Waals surface area contributed by atoms with Crippen LogP contribution >= 0.6 is 15.9 Å². The molecule has 1 heterocycles. The van der Waals surface area contributed by atoms with E-state index in [2.05, 4.69) is 41.6 Å². The molecule has 2 aromatic rings. The Kier molecular flexibility index (Phi) is 7.05. The monoisotopic (exact) mass is 410 g/mol. The van der Waals surface area contributed by atoms with Gasteiger partial charge in [0, 0.05) is 18.1 Å². The topological polar surface area (TPSA) is 85.6 Å². The minimum Gasteiger partial charge on any atom is -0.493 e. The quantitative estimate of drug-likeness (QED) is 0.535. The second kappa shape index (κ2) is 9.26. The zero-order valence-corrected chi connectivity index (χ0v) is 16.4. The Morgan fingerprint density at radius 3 is 2.56 bits per heavy atom. The third-order valence-electron chi connectivity index (χ3n) is 3.52. The molecule has 8 nitrogen and oxygen atoms in total. The third kappa shape index (κ3) is 5.09. The smallest absolute Gasteiger partial charge is 0.191 e. The molecule has 1 aromatic heterocycles. The number of methoxy groups -OCH3 is 2. The normalized spacial score (nSPS) is 11.3.